The average molecular weight is 291 g/mol. The minimum atomic E-state index is 0.909. The van der Waals surface area contributed by atoms with E-state index >= 15 is 0 Å². The van der Waals surface area contributed by atoms with Crippen molar-refractivity contribution in [2.24, 2.45) is 23.7 Å². The Kier molecular flexibility index (Phi) is 7.34. The van der Waals surface area contributed by atoms with Crippen LogP contribution in [-0.2, 0) is 0 Å². The van der Waals surface area contributed by atoms with Gasteiger partial charge in [0.2, 0.25) is 0 Å². The molecule has 0 aromatic heterocycles. The van der Waals surface area contributed by atoms with Gasteiger partial charge in [0, 0.05) is 0 Å². The molecule has 21 heavy (non-hydrogen) atoms. The van der Waals surface area contributed by atoms with Crippen molar-refractivity contribution >= 4 is 0 Å². The van der Waals surface area contributed by atoms with Gasteiger partial charge >= 0.3 is 0 Å². The van der Waals surface area contributed by atoms with E-state index in [1.54, 1.807) is 5.57 Å². The van der Waals surface area contributed by atoms with Crippen molar-refractivity contribution in [3.63, 3.8) is 0 Å². The molecule has 2 saturated carbocycles. The van der Waals surface area contributed by atoms with Crippen molar-refractivity contribution in [1.29, 1.82) is 0 Å². The average Bonchev–Trinajstić information content (AvgIpc) is 2.50. The van der Waals surface area contributed by atoms with Crippen LogP contribution in [-0.4, -0.2) is 0 Å². The molecular weight excluding hydrogens is 252 g/mol. The van der Waals surface area contributed by atoms with Crippen LogP contribution in [0.15, 0.2) is 11.6 Å². The van der Waals surface area contributed by atoms with Gasteiger partial charge in [-0.05, 0) is 82.0 Å². The van der Waals surface area contributed by atoms with Gasteiger partial charge in [-0.25, -0.2) is 0 Å². The second-order valence-corrected chi connectivity index (χ2v) is 7.99. The normalized spacial score (nSPS) is 34.9. The first-order valence-corrected chi connectivity index (χ1v) is 9.91. The molecule has 2 aliphatic carbocycles. The maximum Gasteiger partial charge on any atom is -0.0206 e. The van der Waals surface area contributed by atoms with E-state index in [2.05, 4.69) is 26.8 Å². The zero-order valence-corrected chi connectivity index (χ0v) is 14.9. The second-order valence-electron chi connectivity index (χ2n) is 7.99. The van der Waals surface area contributed by atoms with Gasteiger partial charge in [0.05, 0.1) is 0 Å². The van der Waals surface area contributed by atoms with Gasteiger partial charge in [-0.1, -0.05) is 51.2 Å². The molecule has 0 radical (unpaired) electrons. The predicted molar refractivity (Wildman–Crippen MR) is 94.5 cm³/mol. The van der Waals surface area contributed by atoms with Gasteiger partial charge in [-0.3, -0.25) is 0 Å². The van der Waals surface area contributed by atoms with E-state index < -0.39 is 0 Å². The number of hydrogen-bond donors (Lipinski definition) is 0. The minimum Gasteiger partial charge on any atom is -0.0822 e. The van der Waals surface area contributed by atoms with E-state index in [4.69, 9.17) is 0 Å². The highest BCUT2D eigenvalue weighted by atomic mass is 14.3. The number of rotatable bonds is 6. The van der Waals surface area contributed by atoms with Crippen LogP contribution in [0.1, 0.15) is 97.8 Å². The molecule has 2 rings (SSSR count). The van der Waals surface area contributed by atoms with Gasteiger partial charge in [0.1, 0.15) is 0 Å². The van der Waals surface area contributed by atoms with Gasteiger partial charge in [-0.15, -0.1) is 0 Å². The molecule has 2 aliphatic rings. The van der Waals surface area contributed by atoms with Crippen LogP contribution in [0.4, 0.5) is 0 Å². The van der Waals surface area contributed by atoms with Crippen molar-refractivity contribution in [2.45, 2.75) is 97.8 Å². The molecule has 2 fully saturated rings. The summed E-state index contributed by atoms with van der Waals surface area (Å²) in [4.78, 5) is 0. The van der Waals surface area contributed by atoms with E-state index in [1.807, 2.05) is 0 Å². The van der Waals surface area contributed by atoms with Gasteiger partial charge in [0.25, 0.3) is 0 Å². The first kappa shape index (κ1) is 17.1. The van der Waals surface area contributed by atoms with Gasteiger partial charge in [-0.2, -0.15) is 0 Å². The lowest BCUT2D eigenvalue weighted by Gasteiger charge is -2.31. The standard InChI is InChI=1S/C21H38/c1-4-6-18-8-10-20(11-9-18)16-17(3)21-14-12-19(7-5-2)13-15-21/h16,18-21H,4-15H2,1-3H3. The summed E-state index contributed by atoms with van der Waals surface area (Å²) in [6.07, 6.45) is 20.2. The summed E-state index contributed by atoms with van der Waals surface area (Å²) in [5, 5.41) is 0. The Labute approximate surface area is 133 Å². The lowest BCUT2D eigenvalue weighted by atomic mass is 9.75. The van der Waals surface area contributed by atoms with Crippen LogP contribution in [0, 0.1) is 23.7 Å². The molecule has 0 nitrogen and oxygen atoms in total. The summed E-state index contributed by atoms with van der Waals surface area (Å²) < 4.78 is 0. The van der Waals surface area contributed by atoms with Crippen molar-refractivity contribution in [2.75, 3.05) is 0 Å². The zero-order chi connectivity index (χ0) is 15.1. The van der Waals surface area contributed by atoms with Crippen molar-refractivity contribution in [3.8, 4) is 0 Å². The Morgan fingerprint density at radius 1 is 0.762 bits per heavy atom. The second kappa shape index (κ2) is 9.01. The Morgan fingerprint density at radius 2 is 1.24 bits per heavy atom. The Bertz CT molecular complexity index is 298. The largest absolute Gasteiger partial charge is 0.0822 e. The van der Waals surface area contributed by atoms with Gasteiger partial charge < -0.3 is 0 Å². The van der Waals surface area contributed by atoms with Crippen molar-refractivity contribution in [1.82, 2.24) is 0 Å². The van der Waals surface area contributed by atoms with E-state index in [9.17, 15) is 0 Å². The number of allylic oxidation sites excluding steroid dienone is 2. The summed E-state index contributed by atoms with van der Waals surface area (Å²) >= 11 is 0. The lowest BCUT2D eigenvalue weighted by Crippen LogP contribution is -2.17. The summed E-state index contributed by atoms with van der Waals surface area (Å²) in [6, 6.07) is 0. The third-order valence-electron chi connectivity index (χ3n) is 6.27. The van der Waals surface area contributed by atoms with Crippen LogP contribution in [0.2, 0.25) is 0 Å². The van der Waals surface area contributed by atoms with Crippen LogP contribution in [0.5, 0.6) is 0 Å². The third-order valence-corrected chi connectivity index (χ3v) is 6.27. The molecule has 0 aromatic rings. The fourth-order valence-corrected chi connectivity index (χ4v) is 4.87. The molecule has 0 aromatic carbocycles. The quantitative estimate of drug-likeness (QED) is 0.456. The first-order chi connectivity index (χ1) is 10.2. The molecule has 0 bridgehead atoms. The van der Waals surface area contributed by atoms with E-state index in [0.717, 1.165) is 23.7 Å². The Balaban J connectivity index is 1.74. The zero-order valence-electron chi connectivity index (χ0n) is 14.9. The highest BCUT2D eigenvalue weighted by Gasteiger charge is 2.23. The SMILES string of the molecule is CCCC1CCC(C=C(C)C2CCC(CCC)CC2)CC1. The maximum absolute atomic E-state index is 2.69. The Hall–Kier alpha value is -0.260. The van der Waals surface area contributed by atoms with Crippen LogP contribution in [0.3, 0.4) is 0 Å². The summed E-state index contributed by atoms with van der Waals surface area (Å²) in [5.74, 6) is 3.92. The molecule has 122 valence electrons. The molecule has 0 unspecified atom stereocenters. The van der Waals surface area contributed by atoms with Crippen molar-refractivity contribution < 1.29 is 0 Å². The lowest BCUT2D eigenvalue weighted by molar-refractivity contribution is 0.277. The predicted octanol–water partition coefficient (Wildman–Crippen LogP) is 7.15. The molecule has 0 heteroatoms. The molecule has 0 heterocycles. The van der Waals surface area contributed by atoms with Gasteiger partial charge in [0.15, 0.2) is 0 Å². The summed E-state index contributed by atoms with van der Waals surface area (Å²) in [5.41, 5.74) is 1.74. The smallest absolute Gasteiger partial charge is 0.0206 e. The number of hydrogen-bond acceptors (Lipinski definition) is 0. The van der Waals surface area contributed by atoms with E-state index in [0.29, 0.717) is 0 Å². The molecule has 0 amide bonds. The molecule has 0 saturated heterocycles. The van der Waals surface area contributed by atoms with E-state index in [1.165, 1.54) is 77.0 Å². The fraction of sp³-hybridized carbons (Fsp3) is 0.905. The summed E-state index contributed by atoms with van der Waals surface area (Å²) in [6.45, 7) is 7.11. The molecule has 0 atom stereocenters. The monoisotopic (exact) mass is 290 g/mol. The molecule has 0 N–H and O–H groups in total. The highest BCUT2D eigenvalue weighted by molar-refractivity contribution is 5.07. The minimum absolute atomic E-state index is 0.909. The molecule has 0 spiro atoms. The molecular formula is C21H38. The first-order valence-electron chi connectivity index (χ1n) is 9.91. The Morgan fingerprint density at radius 3 is 1.71 bits per heavy atom. The third kappa shape index (κ3) is 5.46. The fourth-order valence-electron chi connectivity index (χ4n) is 4.87. The van der Waals surface area contributed by atoms with Crippen LogP contribution < -0.4 is 0 Å². The van der Waals surface area contributed by atoms with Crippen LogP contribution >= 0.6 is 0 Å². The van der Waals surface area contributed by atoms with Crippen molar-refractivity contribution in [3.05, 3.63) is 11.6 Å². The topological polar surface area (TPSA) is 0 Å². The summed E-state index contributed by atoms with van der Waals surface area (Å²) in [7, 11) is 0. The molecule has 0 aliphatic heterocycles. The van der Waals surface area contributed by atoms with Crippen LogP contribution in [0.25, 0.3) is 0 Å². The maximum atomic E-state index is 2.69. The van der Waals surface area contributed by atoms with E-state index in [-0.39, 0.29) is 0 Å². The highest BCUT2D eigenvalue weighted by Crippen LogP contribution is 2.38.